The lowest BCUT2D eigenvalue weighted by molar-refractivity contribution is -0.123. The van der Waals surface area contributed by atoms with Crippen molar-refractivity contribution >= 4 is 23.5 Å². The molecular weight excluding hydrogens is 262 g/mol. The van der Waals surface area contributed by atoms with E-state index in [-0.39, 0.29) is 11.4 Å². The van der Waals surface area contributed by atoms with Gasteiger partial charge in [-0.1, -0.05) is 23.7 Å². The average Bonchev–Trinajstić information content (AvgIpc) is 2.53. The molecule has 0 bridgehead atoms. The van der Waals surface area contributed by atoms with Crippen molar-refractivity contribution in [2.24, 2.45) is 4.99 Å². The molecule has 1 unspecified atom stereocenters. The molecule has 0 saturated carbocycles. The highest BCUT2D eigenvalue weighted by Gasteiger charge is 2.41. The molecule has 0 fully saturated rings. The number of amides is 1. The number of carbonyl (C=O) groups excluding carboxylic acids is 1. The van der Waals surface area contributed by atoms with Crippen molar-refractivity contribution in [1.29, 1.82) is 0 Å². The third-order valence-corrected chi connectivity index (χ3v) is 3.16. The van der Waals surface area contributed by atoms with Crippen LogP contribution in [-0.4, -0.2) is 17.4 Å². The Hall–Kier alpha value is -1.55. The summed E-state index contributed by atoms with van der Waals surface area (Å²) in [6, 6.07) is 7.18. The van der Waals surface area contributed by atoms with Crippen LogP contribution in [0.5, 0.6) is 0 Å². The summed E-state index contributed by atoms with van der Waals surface area (Å²) in [5, 5.41) is 6.60. The Bertz CT molecular complexity index is 531. The van der Waals surface area contributed by atoms with Crippen LogP contribution in [0.15, 0.2) is 29.3 Å². The first-order valence-electron chi connectivity index (χ1n) is 6.16. The fraction of sp³-hybridized carbons (Fsp3) is 0.429. The van der Waals surface area contributed by atoms with E-state index in [1.807, 2.05) is 32.9 Å². The molecule has 2 N–H and O–H groups in total. The number of hydrogen-bond acceptors (Lipinski definition) is 3. The molecule has 0 radical (unpaired) electrons. The first-order valence-corrected chi connectivity index (χ1v) is 6.54. The lowest BCUT2D eigenvalue weighted by Gasteiger charge is -2.21. The summed E-state index contributed by atoms with van der Waals surface area (Å²) >= 11 is 5.87. The maximum Gasteiger partial charge on any atom is 0.259 e. The van der Waals surface area contributed by atoms with Crippen molar-refractivity contribution in [1.82, 2.24) is 10.6 Å². The first kappa shape index (κ1) is 13.9. The third-order valence-electron chi connectivity index (χ3n) is 2.91. The van der Waals surface area contributed by atoms with Gasteiger partial charge in [-0.2, -0.15) is 0 Å². The van der Waals surface area contributed by atoms with Crippen molar-refractivity contribution in [2.75, 3.05) is 0 Å². The summed E-state index contributed by atoms with van der Waals surface area (Å²) in [6.45, 7) is 7.84. The summed E-state index contributed by atoms with van der Waals surface area (Å²) in [4.78, 5) is 16.7. The van der Waals surface area contributed by atoms with Crippen LogP contribution in [0.3, 0.4) is 0 Å². The second-order valence-corrected chi connectivity index (χ2v) is 6.31. The molecular formula is C14H18ClN3O. The van der Waals surface area contributed by atoms with Crippen LogP contribution in [0.4, 0.5) is 0 Å². The van der Waals surface area contributed by atoms with E-state index < -0.39 is 5.54 Å². The fourth-order valence-electron chi connectivity index (χ4n) is 1.92. The zero-order valence-corrected chi connectivity index (χ0v) is 12.3. The van der Waals surface area contributed by atoms with Gasteiger partial charge in [-0.15, -0.1) is 0 Å². The Morgan fingerprint density at radius 2 is 1.84 bits per heavy atom. The Morgan fingerprint density at radius 3 is 2.37 bits per heavy atom. The molecule has 19 heavy (non-hydrogen) atoms. The first-order chi connectivity index (χ1) is 8.71. The molecule has 102 valence electrons. The normalized spacial score (nSPS) is 23.0. The largest absolute Gasteiger partial charge is 0.351 e. The van der Waals surface area contributed by atoms with E-state index in [1.54, 1.807) is 19.1 Å². The Morgan fingerprint density at radius 1 is 1.26 bits per heavy atom. The van der Waals surface area contributed by atoms with E-state index in [9.17, 15) is 4.79 Å². The van der Waals surface area contributed by atoms with Gasteiger partial charge in [0.05, 0.1) is 0 Å². The number of carbonyl (C=O) groups is 1. The average molecular weight is 280 g/mol. The number of aliphatic imine (C=N–C) groups is 1. The van der Waals surface area contributed by atoms with Crippen LogP contribution in [0.1, 0.15) is 33.3 Å². The van der Waals surface area contributed by atoms with Gasteiger partial charge in [0.15, 0.2) is 11.5 Å². The van der Waals surface area contributed by atoms with Gasteiger partial charge in [0, 0.05) is 10.6 Å². The minimum absolute atomic E-state index is 0.137. The molecule has 0 saturated heterocycles. The zero-order chi connectivity index (χ0) is 14.3. The summed E-state index contributed by atoms with van der Waals surface area (Å²) in [6.07, 6.45) is 0. The zero-order valence-electron chi connectivity index (χ0n) is 11.5. The molecule has 0 aliphatic carbocycles. The van der Waals surface area contributed by atoms with E-state index in [1.165, 1.54) is 0 Å². The highest BCUT2D eigenvalue weighted by Crippen LogP contribution is 2.29. The molecule has 5 heteroatoms. The lowest BCUT2D eigenvalue weighted by atomic mass is 9.93. The van der Waals surface area contributed by atoms with Gasteiger partial charge in [0.1, 0.15) is 0 Å². The minimum Gasteiger partial charge on any atom is -0.351 e. The summed E-state index contributed by atoms with van der Waals surface area (Å²) in [5.41, 5.74) is -0.240. The predicted molar refractivity (Wildman–Crippen MR) is 77.3 cm³/mol. The molecule has 1 aromatic carbocycles. The predicted octanol–water partition coefficient (Wildman–Crippen LogP) is 2.43. The van der Waals surface area contributed by atoms with Crippen LogP contribution in [0, 0.1) is 0 Å². The second kappa shape index (κ2) is 4.53. The monoisotopic (exact) mass is 279 g/mol. The molecule has 1 aliphatic rings. The molecule has 1 heterocycles. The molecule has 0 aromatic heterocycles. The Kier molecular flexibility index (Phi) is 3.31. The van der Waals surface area contributed by atoms with Gasteiger partial charge in [0.2, 0.25) is 0 Å². The molecule has 1 atom stereocenters. The van der Waals surface area contributed by atoms with Gasteiger partial charge < -0.3 is 5.32 Å². The van der Waals surface area contributed by atoms with E-state index in [2.05, 4.69) is 15.6 Å². The van der Waals surface area contributed by atoms with Crippen molar-refractivity contribution in [3.05, 3.63) is 34.9 Å². The van der Waals surface area contributed by atoms with Crippen LogP contribution in [0.2, 0.25) is 5.02 Å². The highest BCUT2D eigenvalue weighted by molar-refractivity contribution is 6.30. The molecule has 0 spiro atoms. The number of hydrogen-bond donors (Lipinski definition) is 2. The number of rotatable bonds is 1. The third kappa shape index (κ3) is 2.89. The number of nitrogens with zero attached hydrogens (tertiary/aromatic N) is 1. The smallest absolute Gasteiger partial charge is 0.259 e. The maximum atomic E-state index is 12.2. The molecule has 1 aliphatic heterocycles. The highest BCUT2D eigenvalue weighted by atomic mass is 35.5. The molecule has 4 nitrogen and oxygen atoms in total. The molecule has 1 amide bonds. The van der Waals surface area contributed by atoms with Gasteiger partial charge in [-0.3, -0.25) is 10.1 Å². The lowest BCUT2D eigenvalue weighted by Crippen LogP contribution is -2.47. The summed E-state index contributed by atoms with van der Waals surface area (Å²) in [7, 11) is 0. The Balaban J connectivity index is 2.32. The maximum absolute atomic E-state index is 12.2. The Labute approximate surface area is 118 Å². The van der Waals surface area contributed by atoms with Crippen LogP contribution >= 0.6 is 11.6 Å². The summed E-state index contributed by atoms with van der Waals surface area (Å²) < 4.78 is 0. The van der Waals surface area contributed by atoms with E-state index in [0.717, 1.165) is 5.56 Å². The van der Waals surface area contributed by atoms with Crippen molar-refractivity contribution in [3.63, 3.8) is 0 Å². The SMILES string of the molecule is CC(C)(C)NC1=NC(C)(c2ccc(Cl)cc2)C(=O)N1. The van der Waals surface area contributed by atoms with E-state index >= 15 is 0 Å². The topological polar surface area (TPSA) is 53.5 Å². The van der Waals surface area contributed by atoms with Crippen molar-refractivity contribution in [3.8, 4) is 0 Å². The van der Waals surface area contributed by atoms with Crippen LogP contribution in [-0.2, 0) is 10.3 Å². The quantitative estimate of drug-likeness (QED) is 0.830. The number of halogens is 1. The van der Waals surface area contributed by atoms with E-state index in [4.69, 9.17) is 11.6 Å². The van der Waals surface area contributed by atoms with E-state index in [0.29, 0.717) is 11.0 Å². The molecule has 1 aromatic rings. The van der Waals surface area contributed by atoms with Crippen LogP contribution in [0.25, 0.3) is 0 Å². The standard InChI is InChI=1S/C14H18ClN3O/c1-13(2,3)17-12-16-11(19)14(4,18-12)9-5-7-10(15)8-6-9/h5-8H,1-4H3,(H2,16,17,18,19). The van der Waals surface area contributed by atoms with Gasteiger partial charge in [-0.05, 0) is 45.4 Å². The number of guanidine groups is 1. The van der Waals surface area contributed by atoms with Crippen LogP contribution < -0.4 is 10.6 Å². The van der Waals surface area contributed by atoms with Gasteiger partial charge >= 0.3 is 0 Å². The van der Waals surface area contributed by atoms with Crippen molar-refractivity contribution in [2.45, 2.75) is 38.8 Å². The van der Waals surface area contributed by atoms with Gasteiger partial charge in [0.25, 0.3) is 5.91 Å². The number of nitrogens with one attached hydrogen (secondary N) is 2. The minimum atomic E-state index is -0.905. The van der Waals surface area contributed by atoms with Gasteiger partial charge in [-0.25, -0.2) is 4.99 Å². The fourth-order valence-corrected chi connectivity index (χ4v) is 2.04. The molecule has 2 rings (SSSR count). The second-order valence-electron chi connectivity index (χ2n) is 5.87. The van der Waals surface area contributed by atoms with Crippen molar-refractivity contribution < 1.29 is 4.79 Å². The number of benzene rings is 1. The summed E-state index contributed by atoms with van der Waals surface area (Å²) in [5.74, 6) is 0.372.